The van der Waals surface area contributed by atoms with Gasteiger partial charge in [0.15, 0.2) is 0 Å². The van der Waals surface area contributed by atoms with Gasteiger partial charge in [0.05, 0.1) is 0 Å². The second-order valence-electron chi connectivity index (χ2n) is 4.77. The molecule has 1 aliphatic heterocycles. The lowest BCUT2D eigenvalue weighted by atomic mass is 10.3. The molecule has 1 aliphatic rings. The van der Waals surface area contributed by atoms with Crippen LogP contribution in [0.25, 0.3) is 0 Å². The Balaban J connectivity index is 1.99. The number of carbonyl (C=O) groups excluding carboxylic acids is 1. The first kappa shape index (κ1) is 13.6. The first-order valence-electron chi connectivity index (χ1n) is 6.69. The Hall–Kier alpha value is -1.85. The molecule has 0 radical (unpaired) electrons. The predicted molar refractivity (Wildman–Crippen MR) is 75.4 cm³/mol. The van der Waals surface area contributed by atoms with Gasteiger partial charge in [0.1, 0.15) is 18.0 Å². The topological polar surface area (TPSA) is 61.4 Å². The summed E-state index contributed by atoms with van der Waals surface area (Å²) >= 11 is 0. The van der Waals surface area contributed by atoms with Crippen LogP contribution in [-0.2, 0) is 4.79 Å². The largest absolute Gasteiger partial charge is 0.359 e. The summed E-state index contributed by atoms with van der Waals surface area (Å²) in [7, 11) is 3.59. The number of amides is 1. The Labute approximate surface area is 113 Å². The minimum atomic E-state index is 0.0423. The molecule has 0 aromatic carbocycles. The molecular formula is C13H21N5O. The zero-order chi connectivity index (χ0) is 13.7. The van der Waals surface area contributed by atoms with Gasteiger partial charge in [-0.3, -0.25) is 4.79 Å². The van der Waals surface area contributed by atoms with Crippen LogP contribution in [0, 0.1) is 0 Å². The van der Waals surface area contributed by atoms with E-state index in [2.05, 4.69) is 20.2 Å². The Kier molecular flexibility index (Phi) is 4.54. The van der Waals surface area contributed by atoms with Gasteiger partial charge in [-0.2, -0.15) is 0 Å². The molecule has 1 amide bonds. The molecule has 104 valence electrons. The molecule has 1 N–H and O–H groups in total. The van der Waals surface area contributed by atoms with Gasteiger partial charge in [0.25, 0.3) is 0 Å². The van der Waals surface area contributed by atoms with Crippen LogP contribution >= 0.6 is 0 Å². The van der Waals surface area contributed by atoms with Gasteiger partial charge in [0.2, 0.25) is 5.91 Å². The van der Waals surface area contributed by atoms with E-state index in [0.29, 0.717) is 13.0 Å². The third-order valence-corrected chi connectivity index (χ3v) is 3.41. The predicted octanol–water partition coefficient (Wildman–Crippen LogP) is 0.649. The molecule has 0 spiro atoms. The van der Waals surface area contributed by atoms with Gasteiger partial charge in [-0.25, -0.2) is 9.97 Å². The van der Waals surface area contributed by atoms with E-state index in [1.165, 1.54) is 12.8 Å². The molecule has 0 bridgehead atoms. The molecule has 1 saturated heterocycles. The zero-order valence-corrected chi connectivity index (χ0v) is 11.6. The fraction of sp³-hybridized carbons (Fsp3) is 0.615. The van der Waals surface area contributed by atoms with Gasteiger partial charge >= 0.3 is 0 Å². The molecule has 1 aromatic rings. The van der Waals surface area contributed by atoms with Crippen LogP contribution in [-0.4, -0.2) is 49.6 Å². The third kappa shape index (κ3) is 3.56. The summed E-state index contributed by atoms with van der Waals surface area (Å²) in [6, 6.07) is 2.00. The molecule has 1 fully saturated rings. The van der Waals surface area contributed by atoms with Crippen molar-refractivity contribution in [3.8, 4) is 0 Å². The molecule has 2 heterocycles. The molecule has 0 unspecified atom stereocenters. The van der Waals surface area contributed by atoms with Gasteiger partial charge < -0.3 is 15.1 Å². The van der Waals surface area contributed by atoms with Crippen LogP contribution in [0.3, 0.4) is 0 Å². The monoisotopic (exact) mass is 263 g/mol. The Morgan fingerprint density at radius 2 is 2.16 bits per heavy atom. The third-order valence-electron chi connectivity index (χ3n) is 3.41. The molecular weight excluding hydrogens is 242 g/mol. The van der Waals surface area contributed by atoms with Crippen LogP contribution in [0.1, 0.15) is 19.3 Å². The minimum Gasteiger partial charge on any atom is -0.359 e. The second-order valence-corrected chi connectivity index (χ2v) is 4.77. The quantitative estimate of drug-likeness (QED) is 0.845. The fourth-order valence-corrected chi connectivity index (χ4v) is 2.17. The van der Waals surface area contributed by atoms with Crippen molar-refractivity contribution in [2.24, 2.45) is 0 Å². The van der Waals surface area contributed by atoms with Crippen molar-refractivity contribution in [1.29, 1.82) is 0 Å². The van der Waals surface area contributed by atoms with Crippen molar-refractivity contribution >= 4 is 17.5 Å². The summed E-state index contributed by atoms with van der Waals surface area (Å²) in [4.78, 5) is 24.1. The molecule has 0 atom stereocenters. The molecule has 1 aromatic heterocycles. The van der Waals surface area contributed by atoms with Crippen molar-refractivity contribution < 1.29 is 4.79 Å². The minimum absolute atomic E-state index is 0.0423. The van der Waals surface area contributed by atoms with E-state index >= 15 is 0 Å². The van der Waals surface area contributed by atoms with E-state index in [1.807, 2.05) is 18.0 Å². The number of hydrogen-bond acceptors (Lipinski definition) is 5. The first-order chi connectivity index (χ1) is 9.20. The maximum absolute atomic E-state index is 11.2. The highest BCUT2D eigenvalue weighted by Crippen LogP contribution is 2.20. The highest BCUT2D eigenvalue weighted by Gasteiger charge is 2.15. The highest BCUT2D eigenvalue weighted by atomic mass is 16.1. The number of hydrogen-bond donors (Lipinski definition) is 1. The van der Waals surface area contributed by atoms with Crippen molar-refractivity contribution in [3.05, 3.63) is 12.4 Å². The summed E-state index contributed by atoms with van der Waals surface area (Å²) in [5.74, 6) is 1.88. The summed E-state index contributed by atoms with van der Waals surface area (Å²) in [5.41, 5.74) is 0. The lowest BCUT2D eigenvalue weighted by Crippen LogP contribution is -2.27. The number of nitrogens with one attached hydrogen (secondary N) is 1. The molecule has 6 heteroatoms. The maximum Gasteiger partial charge on any atom is 0.221 e. The van der Waals surface area contributed by atoms with Gasteiger partial charge in [-0.05, 0) is 12.8 Å². The second kappa shape index (κ2) is 6.36. The Morgan fingerprint density at radius 3 is 2.84 bits per heavy atom. The number of nitrogens with zero attached hydrogens (tertiary/aromatic N) is 4. The number of anilines is 2. The zero-order valence-electron chi connectivity index (χ0n) is 11.6. The van der Waals surface area contributed by atoms with Crippen LogP contribution in [0.15, 0.2) is 12.4 Å². The molecule has 6 nitrogen and oxygen atoms in total. The van der Waals surface area contributed by atoms with E-state index in [0.717, 1.165) is 24.7 Å². The molecule has 2 rings (SSSR count). The summed E-state index contributed by atoms with van der Waals surface area (Å²) in [6.07, 6.45) is 4.52. The molecule has 19 heavy (non-hydrogen) atoms. The van der Waals surface area contributed by atoms with Crippen LogP contribution in [0.5, 0.6) is 0 Å². The molecule has 0 saturated carbocycles. The van der Waals surface area contributed by atoms with Crippen molar-refractivity contribution in [2.75, 3.05) is 43.5 Å². The fourth-order valence-electron chi connectivity index (χ4n) is 2.17. The van der Waals surface area contributed by atoms with Crippen LogP contribution in [0.2, 0.25) is 0 Å². The lowest BCUT2D eigenvalue weighted by Gasteiger charge is -2.21. The van der Waals surface area contributed by atoms with Crippen molar-refractivity contribution in [1.82, 2.24) is 15.3 Å². The van der Waals surface area contributed by atoms with Gasteiger partial charge in [0, 0.05) is 46.2 Å². The number of rotatable bonds is 5. The number of carbonyl (C=O) groups is 1. The van der Waals surface area contributed by atoms with Gasteiger partial charge in [-0.1, -0.05) is 0 Å². The first-order valence-corrected chi connectivity index (χ1v) is 6.69. The van der Waals surface area contributed by atoms with E-state index < -0.39 is 0 Å². The number of aromatic nitrogens is 2. The normalized spacial score (nSPS) is 14.5. The van der Waals surface area contributed by atoms with Crippen molar-refractivity contribution in [2.45, 2.75) is 19.3 Å². The Morgan fingerprint density at radius 1 is 1.42 bits per heavy atom. The maximum atomic E-state index is 11.2. The highest BCUT2D eigenvalue weighted by molar-refractivity contribution is 5.76. The lowest BCUT2D eigenvalue weighted by molar-refractivity contribution is -0.120. The Bertz CT molecular complexity index is 431. The van der Waals surface area contributed by atoms with Crippen LogP contribution in [0.4, 0.5) is 11.6 Å². The van der Waals surface area contributed by atoms with E-state index in [1.54, 1.807) is 13.4 Å². The van der Waals surface area contributed by atoms with E-state index in [9.17, 15) is 4.79 Å². The average Bonchev–Trinajstić information content (AvgIpc) is 2.98. The SMILES string of the molecule is CNC(=O)CCN(C)c1cc(N2CCCC2)ncn1. The summed E-state index contributed by atoms with van der Waals surface area (Å²) in [6.45, 7) is 2.78. The van der Waals surface area contributed by atoms with Crippen molar-refractivity contribution in [3.63, 3.8) is 0 Å². The molecule has 0 aliphatic carbocycles. The summed E-state index contributed by atoms with van der Waals surface area (Å²) < 4.78 is 0. The van der Waals surface area contributed by atoms with Crippen LogP contribution < -0.4 is 15.1 Å². The summed E-state index contributed by atoms with van der Waals surface area (Å²) in [5, 5.41) is 2.62. The average molecular weight is 263 g/mol. The van der Waals surface area contributed by atoms with E-state index in [4.69, 9.17) is 0 Å². The van der Waals surface area contributed by atoms with E-state index in [-0.39, 0.29) is 5.91 Å². The standard InChI is InChI=1S/C13H21N5O/c1-14-13(19)5-8-17(2)11-9-12(16-10-15-11)18-6-3-4-7-18/h9-10H,3-8H2,1-2H3,(H,14,19). The smallest absolute Gasteiger partial charge is 0.221 e. The van der Waals surface area contributed by atoms with Gasteiger partial charge in [-0.15, -0.1) is 0 Å².